The van der Waals surface area contributed by atoms with Crippen molar-refractivity contribution in [1.82, 2.24) is 19.3 Å². The van der Waals surface area contributed by atoms with E-state index in [1.165, 1.54) is 15.3 Å². The first-order valence-corrected chi connectivity index (χ1v) is 8.84. The van der Waals surface area contributed by atoms with Gasteiger partial charge in [-0.2, -0.15) is 18.3 Å². The van der Waals surface area contributed by atoms with E-state index in [2.05, 4.69) is 10.1 Å². The van der Waals surface area contributed by atoms with Gasteiger partial charge in [-0.15, -0.1) is 0 Å². The Bertz CT molecular complexity index is 1070. The normalized spacial score (nSPS) is 14.6. The fourth-order valence-corrected chi connectivity index (χ4v) is 3.46. The molecule has 0 saturated heterocycles. The molecule has 28 heavy (non-hydrogen) atoms. The number of alkyl halides is 3. The Morgan fingerprint density at radius 1 is 1.21 bits per heavy atom. The molecule has 6 nitrogen and oxygen atoms in total. The Balaban J connectivity index is 2.27. The minimum absolute atomic E-state index is 0.195. The molecule has 0 aromatic carbocycles. The van der Waals surface area contributed by atoms with Crippen molar-refractivity contribution in [1.29, 1.82) is 0 Å². The van der Waals surface area contributed by atoms with E-state index in [4.69, 9.17) is 0 Å². The molecule has 0 unspecified atom stereocenters. The summed E-state index contributed by atoms with van der Waals surface area (Å²) in [6.07, 6.45) is -1.94. The maximum Gasteiger partial charge on any atom is 0.433 e. The summed E-state index contributed by atoms with van der Waals surface area (Å²) >= 11 is 0. The molecular formula is C19H21F3N4O2. The Labute approximate surface area is 159 Å². The molecule has 0 bridgehead atoms. The fraction of sp³-hybridized carbons (Fsp3) is 0.421. The van der Waals surface area contributed by atoms with Crippen LogP contribution in [0.25, 0.3) is 10.9 Å². The SMILES string of the molecule is CCn1ccc2c([C@@](O)(c3ccc(C(F)(F)F)nc3)C(C)C)n(C)nc2c1=O. The molecule has 3 aromatic rings. The summed E-state index contributed by atoms with van der Waals surface area (Å²) in [5, 5.41) is 16.3. The number of hydrogen-bond donors (Lipinski definition) is 1. The van der Waals surface area contributed by atoms with Gasteiger partial charge in [0.15, 0.2) is 5.52 Å². The molecule has 9 heteroatoms. The van der Waals surface area contributed by atoms with Gasteiger partial charge in [0.05, 0.1) is 5.69 Å². The van der Waals surface area contributed by atoms with Gasteiger partial charge in [-0.3, -0.25) is 14.5 Å². The van der Waals surface area contributed by atoms with Crippen LogP contribution in [-0.2, 0) is 25.4 Å². The van der Waals surface area contributed by atoms with Crippen LogP contribution in [0.2, 0.25) is 0 Å². The number of nitrogens with zero attached hydrogens (tertiary/aromatic N) is 4. The Morgan fingerprint density at radius 2 is 1.89 bits per heavy atom. The van der Waals surface area contributed by atoms with E-state index >= 15 is 0 Å². The second kappa shape index (κ2) is 6.73. The highest BCUT2D eigenvalue weighted by Gasteiger charge is 2.41. The van der Waals surface area contributed by atoms with E-state index in [-0.39, 0.29) is 16.6 Å². The van der Waals surface area contributed by atoms with Gasteiger partial charge in [0, 0.05) is 36.9 Å². The number of pyridine rings is 2. The maximum atomic E-state index is 12.9. The van der Waals surface area contributed by atoms with Crippen LogP contribution in [0.1, 0.15) is 37.7 Å². The van der Waals surface area contributed by atoms with Crippen LogP contribution < -0.4 is 5.56 Å². The fourth-order valence-electron chi connectivity index (χ4n) is 3.46. The van der Waals surface area contributed by atoms with Crippen molar-refractivity contribution in [2.45, 2.75) is 39.1 Å². The maximum absolute atomic E-state index is 12.9. The first-order chi connectivity index (χ1) is 13.0. The molecule has 150 valence electrons. The number of halogens is 3. The lowest BCUT2D eigenvalue weighted by Gasteiger charge is -2.33. The van der Waals surface area contributed by atoms with Gasteiger partial charge in [0.2, 0.25) is 0 Å². The number of aromatic nitrogens is 4. The average Bonchev–Trinajstić information content (AvgIpc) is 2.98. The Kier molecular flexibility index (Phi) is 4.82. The van der Waals surface area contributed by atoms with Crippen LogP contribution in [0.15, 0.2) is 35.4 Å². The number of rotatable bonds is 4. The zero-order valence-electron chi connectivity index (χ0n) is 15.9. The summed E-state index contributed by atoms with van der Waals surface area (Å²) in [6.45, 7) is 5.78. The Hall–Kier alpha value is -2.68. The van der Waals surface area contributed by atoms with Gasteiger partial charge in [-0.25, -0.2) is 0 Å². The van der Waals surface area contributed by atoms with E-state index in [0.29, 0.717) is 17.6 Å². The zero-order valence-corrected chi connectivity index (χ0v) is 15.9. The summed E-state index contributed by atoms with van der Waals surface area (Å²) in [7, 11) is 1.59. The molecule has 1 N–H and O–H groups in total. The lowest BCUT2D eigenvalue weighted by molar-refractivity contribution is -0.141. The molecule has 3 rings (SSSR count). The topological polar surface area (TPSA) is 72.9 Å². The van der Waals surface area contributed by atoms with Crippen molar-refractivity contribution in [3.05, 3.63) is 57.9 Å². The van der Waals surface area contributed by atoms with Crippen molar-refractivity contribution in [3.8, 4) is 0 Å². The minimum atomic E-state index is -4.57. The van der Waals surface area contributed by atoms with E-state index in [1.807, 2.05) is 6.92 Å². The van der Waals surface area contributed by atoms with Crippen LogP contribution in [0.5, 0.6) is 0 Å². The quantitative estimate of drug-likeness (QED) is 0.738. The third kappa shape index (κ3) is 2.99. The molecule has 0 aliphatic heterocycles. The lowest BCUT2D eigenvalue weighted by atomic mass is 9.80. The minimum Gasteiger partial charge on any atom is -0.378 e. The number of aryl methyl sites for hydroxylation is 2. The second-order valence-electron chi connectivity index (χ2n) is 6.99. The molecule has 0 fully saturated rings. The lowest BCUT2D eigenvalue weighted by Crippen LogP contribution is -2.36. The van der Waals surface area contributed by atoms with Gasteiger partial charge >= 0.3 is 6.18 Å². The molecule has 0 spiro atoms. The second-order valence-corrected chi connectivity index (χ2v) is 6.99. The van der Waals surface area contributed by atoms with Crippen LogP contribution >= 0.6 is 0 Å². The molecule has 0 saturated carbocycles. The molecular weight excluding hydrogens is 373 g/mol. The van der Waals surface area contributed by atoms with Crippen molar-refractivity contribution < 1.29 is 18.3 Å². The van der Waals surface area contributed by atoms with Crippen molar-refractivity contribution in [3.63, 3.8) is 0 Å². The number of fused-ring (bicyclic) bond motifs is 1. The summed E-state index contributed by atoms with van der Waals surface area (Å²) in [4.78, 5) is 16.1. The molecule has 3 aromatic heterocycles. The van der Waals surface area contributed by atoms with E-state index in [0.717, 1.165) is 12.3 Å². The standard InChI is InChI=1S/C19H21F3N4O2/c1-5-26-9-8-13-15(17(26)27)24-25(4)16(13)18(28,11(2)3)12-6-7-14(23-10-12)19(20,21)22/h6-11,28H,5H2,1-4H3/t18-/m0/s1. The average molecular weight is 394 g/mol. The van der Waals surface area contributed by atoms with Crippen molar-refractivity contribution >= 4 is 10.9 Å². The number of aliphatic hydroxyl groups is 1. The molecule has 0 aliphatic carbocycles. The van der Waals surface area contributed by atoms with Crippen LogP contribution in [0.4, 0.5) is 13.2 Å². The highest BCUT2D eigenvalue weighted by atomic mass is 19.4. The zero-order chi connectivity index (χ0) is 20.9. The van der Waals surface area contributed by atoms with Crippen molar-refractivity contribution in [2.24, 2.45) is 13.0 Å². The van der Waals surface area contributed by atoms with Crippen LogP contribution in [0, 0.1) is 5.92 Å². The highest BCUT2D eigenvalue weighted by molar-refractivity contribution is 5.82. The summed E-state index contributed by atoms with van der Waals surface area (Å²) in [5.74, 6) is -0.432. The van der Waals surface area contributed by atoms with Gasteiger partial charge in [0.25, 0.3) is 5.56 Å². The molecule has 0 radical (unpaired) electrons. The third-order valence-electron chi connectivity index (χ3n) is 5.00. The van der Waals surface area contributed by atoms with E-state index in [1.54, 1.807) is 33.2 Å². The van der Waals surface area contributed by atoms with Crippen molar-refractivity contribution in [2.75, 3.05) is 0 Å². The molecule has 0 amide bonds. The predicted molar refractivity (Wildman–Crippen MR) is 97.7 cm³/mol. The van der Waals surface area contributed by atoms with E-state index < -0.39 is 23.4 Å². The van der Waals surface area contributed by atoms with Crippen LogP contribution in [-0.4, -0.2) is 24.4 Å². The van der Waals surface area contributed by atoms with Gasteiger partial charge in [-0.1, -0.05) is 19.9 Å². The monoisotopic (exact) mass is 394 g/mol. The van der Waals surface area contributed by atoms with Gasteiger partial charge in [-0.05, 0) is 25.0 Å². The molecule has 3 heterocycles. The van der Waals surface area contributed by atoms with Crippen LogP contribution in [0.3, 0.4) is 0 Å². The summed E-state index contributed by atoms with van der Waals surface area (Å²) in [5.41, 5.74) is -2.30. The third-order valence-corrected chi connectivity index (χ3v) is 5.00. The van der Waals surface area contributed by atoms with Gasteiger partial charge in [0.1, 0.15) is 11.3 Å². The number of hydrogen-bond acceptors (Lipinski definition) is 4. The van der Waals surface area contributed by atoms with Gasteiger partial charge < -0.3 is 9.67 Å². The highest BCUT2D eigenvalue weighted by Crippen LogP contribution is 2.40. The summed E-state index contributed by atoms with van der Waals surface area (Å²) in [6, 6.07) is 3.74. The first kappa shape index (κ1) is 20.1. The largest absolute Gasteiger partial charge is 0.433 e. The predicted octanol–water partition coefficient (Wildman–Crippen LogP) is 3.06. The smallest absolute Gasteiger partial charge is 0.378 e. The molecule has 0 aliphatic rings. The van der Waals surface area contributed by atoms with E-state index in [9.17, 15) is 23.1 Å². The first-order valence-electron chi connectivity index (χ1n) is 8.84. The summed E-state index contributed by atoms with van der Waals surface area (Å²) < 4.78 is 41.5. The molecule has 1 atom stereocenters. The Morgan fingerprint density at radius 3 is 2.39 bits per heavy atom.